The number of aliphatic carboxylic acids is 2. The normalized spacial score (nSPS) is 20.5. The number of carboxylic acids is 2. The molecule has 0 heterocycles. The lowest BCUT2D eigenvalue weighted by Gasteiger charge is -2.40. The molecule has 0 aromatic heterocycles. The monoisotopic (exact) mass is 298 g/mol. The van der Waals surface area contributed by atoms with E-state index in [1.165, 1.54) is 0 Å². The summed E-state index contributed by atoms with van der Waals surface area (Å²) in [6, 6.07) is 0. The molecule has 1 atom stereocenters. The van der Waals surface area contributed by atoms with E-state index >= 15 is 0 Å². The third-order valence-corrected chi connectivity index (χ3v) is 4.77. The molecule has 4 nitrogen and oxygen atoms in total. The maximum absolute atomic E-state index is 12.1. The Balaban J connectivity index is 3.03. The fourth-order valence-electron chi connectivity index (χ4n) is 3.77. The van der Waals surface area contributed by atoms with E-state index in [2.05, 4.69) is 20.8 Å². The van der Waals surface area contributed by atoms with Gasteiger partial charge in [-0.05, 0) is 37.0 Å². The maximum atomic E-state index is 12.1. The van der Waals surface area contributed by atoms with Gasteiger partial charge in [0.25, 0.3) is 0 Å². The highest BCUT2D eigenvalue weighted by atomic mass is 16.4. The Morgan fingerprint density at radius 1 is 1.05 bits per heavy atom. The van der Waals surface area contributed by atoms with Gasteiger partial charge in [-0.1, -0.05) is 46.5 Å². The minimum Gasteiger partial charge on any atom is -0.481 e. The molecule has 0 radical (unpaired) electrons. The molecular weight excluding hydrogens is 268 g/mol. The van der Waals surface area contributed by atoms with Crippen molar-refractivity contribution < 1.29 is 19.8 Å². The Morgan fingerprint density at radius 3 is 1.95 bits per heavy atom. The summed E-state index contributed by atoms with van der Waals surface area (Å²) >= 11 is 0. The number of hydrogen-bond donors (Lipinski definition) is 2. The van der Waals surface area contributed by atoms with Crippen LogP contribution in [0, 0.1) is 16.7 Å². The second-order valence-electron chi connectivity index (χ2n) is 7.77. The Morgan fingerprint density at radius 2 is 1.57 bits per heavy atom. The van der Waals surface area contributed by atoms with Crippen LogP contribution in [-0.2, 0) is 9.59 Å². The van der Waals surface area contributed by atoms with Crippen LogP contribution < -0.4 is 0 Å². The van der Waals surface area contributed by atoms with E-state index in [1.807, 2.05) is 0 Å². The number of carbonyl (C=O) groups is 2. The minimum absolute atomic E-state index is 0.0118. The summed E-state index contributed by atoms with van der Waals surface area (Å²) in [6.07, 6.45) is 6.78. The van der Waals surface area contributed by atoms with Crippen molar-refractivity contribution >= 4 is 11.9 Å². The predicted molar refractivity (Wildman–Crippen MR) is 82.2 cm³/mol. The average Bonchev–Trinajstić information content (AvgIpc) is 2.59. The lowest BCUT2D eigenvalue weighted by molar-refractivity contribution is -0.156. The molecule has 4 heteroatoms. The first-order valence-electron chi connectivity index (χ1n) is 8.12. The van der Waals surface area contributed by atoms with E-state index in [0.29, 0.717) is 19.3 Å². The van der Waals surface area contributed by atoms with E-state index in [4.69, 9.17) is 5.11 Å². The van der Waals surface area contributed by atoms with Crippen LogP contribution in [0.1, 0.15) is 78.6 Å². The van der Waals surface area contributed by atoms with Crippen molar-refractivity contribution in [2.75, 3.05) is 0 Å². The smallest absolute Gasteiger partial charge is 0.309 e. The van der Waals surface area contributed by atoms with Crippen LogP contribution >= 0.6 is 0 Å². The van der Waals surface area contributed by atoms with Crippen LogP contribution in [0.25, 0.3) is 0 Å². The Labute approximate surface area is 127 Å². The largest absolute Gasteiger partial charge is 0.481 e. The summed E-state index contributed by atoms with van der Waals surface area (Å²) in [7, 11) is 0. The van der Waals surface area contributed by atoms with E-state index in [1.54, 1.807) is 0 Å². The molecule has 0 bridgehead atoms. The molecule has 0 amide bonds. The van der Waals surface area contributed by atoms with Gasteiger partial charge in [-0.2, -0.15) is 0 Å². The van der Waals surface area contributed by atoms with Gasteiger partial charge in [-0.25, -0.2) is 0 Å². The predicted octanol–water partition coefficient (Wildman–Crippen LogP) is 4.33. The van der Waals surface area contributed by atoms with Crippen molar-refractivity contribution in [3.63, 3.8) is 0 Å². The quantitative estimate of drug-likeness (QED) is 0.716. The Kier molecular flexibility index (Phi) is 6.24. The summed E-state index contributed by atoms with van der Waals surface area (Å²) in [5.41, 5.74) is -0.711. The zero-order valence-electron chi connectivity index (χ0n) is 13.7. The average molecular weight is 298 g/mol. The molecule has 1 unspecified atom stereocenters. The van der Waals surface area contributed by atoms with Crippen LogP contribution in [0.2, 0.25) is 0 Å². The van der Waals surface area contributed by atoms with Crippen LogP contribution in [0.4, 0.5) is 0 Å². The molecule has 1 rings (SSSR count). The summed E-state index contributed by atoms with van der Waals surface area (Å²) < 4.78 is 0. The Bertz CT molecular complexity index is 359. The minimum atomic E-state index is -0.830. The van der Waals surface area contributed by atoms with Gasteiger partial charge in [0.15, 0.2) is 0 Å². The SMILES string of the molecule is CC(C)(C)CC(CCC(=O)O)C1(C(=O)O)CCCCCC1. The Hall–Kier alpha value is -1.06. The first kappa shape index (κ1) is 18.0. The maximum Gasteiger partial charge on any atom is 0.309 e. The molecule has 1 aliphatic carbocycles. The number of carboxylic acid groups (broad SMARTS) is 2. The first-order valence-corrected chi connectivity index (χ1v) is 8.12. The molecule has 0 aromatic rings. The molecule has 0 aromatic carbocycles. The number of hydrogen-bond acceptors (Lipinski definition) is 2. The van der Waals surface area contributed by atoms with Gasteiger partial charge >= 0.3 is 11.9 Å². The number of rotatable bonds is 6. The molecule has 1 saturated carbocycles. The molecular formula is C17H30O4. The van der Waals surface area contributed by atoms with Crippen molar-refractivity contribution in [2.24, 2.45) is 16.7 Å². The second-order valence-corrected chi connectivity index (χ2v) is 7.77. The van der Waals surface area contributed by atoms with E-state index in [0.717, 1.165) is 32.1 Å². The fraction of sp³-hybridized carbons (Fsp3) is 0.882. The summed E-state index contributed by atoms with van der Waals surface area (Å²) in [4.78, 5) is 23.0. The highest BCUT2D eigenvalue weighted by Gasteiger charge is 2.46. The van der Waals surface area contributed by atoms with Crippen LogP contribution in [-0.4, -0.2) is 22.2 Å². The molecule has 1 aliphatic rings. The second kappa shape index (κ2) is 7.28. The van der Waals surface area contributed by atoms with Gasteiger partial charge in [0.2, 0.25) is 0 Å². The first-order chi connectivity index (χ1) is 9.67. The highest BCUT2D eigenvalue weighted by Crippen LogP contribution is 2.48. The van der Waals surface area contributed by atoms with Crippen molar-refractivity contribution in [1.29, 1.82) is 0 Å². The molecule has 0 spiro atoms. The topological polar surface area (TPSA) is 74.6 Å². The van der Waals surface area contributed by atoms with E-state index < -0.39 is 17.4 Å². The zero-order chi connectivity index (χ0) is 16.1. The van der Waals surface area contributed by atoms with Gasteiger partial charge in [-0.3, -0.25) is 9.59 Å². The van der Waals surface area contributed by atoms with Gasteiger partial charge in [0, 0.05) is 6.42 Å². The zero-order valence-corrected chi connectivity index (χ0v) is 13.7. The van der Waals surface area contributed by atoms with Crippen molar-refractivity contribution in [2.45, 2.75) is 78.6 Å². The van der Waals surface area contributed by atoms with Crippen LogP contribution in [0.15, 0.2) is 0 Å². The molecule has 122 valence electrons. The fourth-order valence-corrected chi connectivity index (χ4v) is 3.77. The van der Waals surface area contributed by atoms with Crippen molar-refractivity contribution in [3.05, 3.63) is 0 Å². The van der Waals surface area contributed by atoms with Crippen LogP contribution in [0.3, 0.4) is 0 Å². The summed E-state index contributed by atoms with van der Waals surface area (Å²) in [5.74, 6) is -1.60. The summed E-state index contributed by atoms with van der Waals surface area (Å²) in [6.45, 7) is 6.31. The van der Waals surface area contributed by atoms with E-state index in [-0.39, 0.29) is 17.8 Å². The molecule has 21 heavy (non-hydrogen) atoms. The van der Waals surface area contributed by atoms with Crippen LogP contribution in [0.5, 0.6) is 0 Å². The third-order valence-electron chi connectivity index (χ3n) is 4.77. The van der Waals surface area contributed by atoms with Crippen molar-refractivity contribution in [3.8, 4) is 0 Å². The standard InChI is InChI=1S/C17H30O4/c1-16(2,3)12-13(8-9-14(18)19)17(15(20)21)10-6-4-5-7-11-17/h13H,4-12H2,1-3H3,(H,18,19)(H,20,21). The highest BCUT2D eigenvalue weighted by molar-refractivity contribution is 5.75. The summed E-state index contributed by atoms with van der Waals surface area (Å²) in [5, 5.41) is 18.9. The lowest BCUT2D eigenvalue weighted by atomic mass is 9.63. The lowest BCUT2D eigenvalue weighted by Crippen LogP contribution is -2.40. The molecule has 1 fully saturated rings. The van der Waals surface area contributed by atoms with E-state index in [9.17, 15) is 14.7 Å². The van der Waals surface area contributed by atoms with Gasteiger partial charge < -0.3 is 10.2 Å². The third kappa shape index (κ3) is 5.33. The van der Waals surface area contributed by atoms with Gasteiger partial charge in [-0.15, -0.1) is 0 Å². The van der Waals surface area contributed by atoms with Crippen molar-refractivity contribution in [1.82, 2.24) is 0 Å². The molecule has 2 N–H and O–H groups in total. The van der Waals surface area contributed by atoms with Gasteiger partial charge in [0.05, 0.1) is 5.41 Å². The van der Waals surface area contributed by atoms with Gasteiger partial charge in [0.1, 0.15) is 0 Å². The molecule has 0 aliphatic heterocycles. The molecule has 0 saturated heterocycles.